The van der Waals surface area contributed by atoms with Gasteiger partial charge >= 0.3 is 6.18 Å². The van der Waals surface area contributed by atoms with Gasteiger partial charge in [0.1, 0.15) is 11.6 Å². The molecule has 7 nitrogen and oxygen atoms in total. The Morgan fingerprint density at radius 2 is 1.84 bits per heavy atom. The Kier molecular flexibility index (Phi) is 7.37. The number of imidazole rings is 1. The molecule has 2 aromatic heterocycles. The van der Waals surface area contributed by atoms with Gasteiger partial charge in [0.2, 0.25) is 11.7 Å². The average molecular weight is 545 g/mol. The molecule has 1 amide bonds. The first-order valence-corrected chi connectivity index (χ1v) is 11.4. The minimum absolute atomic E-state index is 0.0969. The van der Waals surface area contributed by atoms with Gasteiger partial charge in [0.15, 0.2) is 18.2 Å². The third-order valence-corrected chi connectivity index (χ3v) is 6.37. The first-order valence-electron chi connectivity index (χ1n) is 11.4. The lowest BCUT2D eigenvalue weighted by atomic mass is 9.87. The van der Waals surface area contributed by atoms with E-state index >= 15 is 0 Å². The molecule has 0 saturated carbocycles. The number of halogens is 7. The highest BCUT2D eigenvalue weighted by Gasteiger charge is 2.46. The monoisotopic (exact) mass is 545 g/mol. The van der Waals surface area contributed by atoms with Crippen molar-refractivity contribution >= 4 is 11.7 Å². The second kappa shape index (κ2) is 10.2. The van der Waals surface area contributed by atoms with Crippen LogP contribution in [0.4, 0.5) is 36.6 Å². The van der Waals surface area contributed by atoms with Crippen LogP contribution in [0.25, 0.3) is 0 Å². The maximum Gasteiger partial charge on any atom is 0.449 e. The van der Waals surface area contributed by atoms with Gasteiger partial charge in [0.05, 0.1) is 12.0 Å². The summed E-state index contributed by atoms with van der Waals surface area (Å²) in [5, 5.41) is 13.5. The fraction of sp³-hybridized carbons (Fsp3) is 0.375. The van der Waals surface area contributed by atoms with E-state index in [1.807, 2.05) is 0 Å². The third kappa shape index (κ3) is 6.06. The maximum atomic E-state index is 14.6. The third-order valence-electron chi connectivity index (χ3n) is 6.37. The smallest absolute Gasteiger partial charge is 0.449 e. The number of hydrogen-bond acceptors (Lipinski definition) is 4. The van der Waals surface area contributed by atoms with Crippen LogP contribution in [-0.4, -0.2) is 45.4 Å². The number of piperidine rings is 1. The highest BCUT2D eigenvalue weighted by molar-refractivity contribution is 5.93. The van der Waals surface area contributed by atoms with Gasteiger partial charge in [-0.15, -0.1) is 0 Å². The van der Waals surface area contributed by atoms with E-state index in [1.54, 1.807) is 0 Å². The van der Waals surface area contributed by atoms with Crippen LogP contribution in [0.2, 0.25) is 0 Å². The van der Waals surface area contributed by atoms with Crippen LogP contribution < -0.4 is 10.0 Å². The van der Waals surface area contributed by atoms with Crippen molar-refractivity contribution in [2.45, 2.75) is 43.9 Å². The number of pyridine rings is 1. The summed E-state index contributed by atoms with van der Waals surface area (Å²) >= 11 is 0. The molecule has 3 heterocycles. The second-order valence-electron chi connectivity index (χ2n) is 9.07. The number of alkyl halides is 5. The van der Waals surface area contributed by atoms with E-state index in [1.165, 1.54) is 24.0 Å². The Morgan fingerprint density at radius 3 is 2.45 bits per heavy atom. The molecule has 1 aliphatic heterocycles. The van der Waals surface area contributed by atoms with Crippen molar-refractivity contribution in [3.63, 3.8) is 0 Å². The van der Waals surface area contributed by atoms with Crippen molar-refractivity contribution in [3.8, 4) is 0 Å². The summed E-state index contributed by atoms with van der Waals surface area (Å²) in [4.78, 5) is 17.8. The number of benzene rings is 1. The number of carbonyl (C=O) groups is 1. The lowest BCUT2D eigenvalue weighted by Gasteiger charge is -2.40. The van der Waals surface area contributed by atoms with Gasteiger partial charge in [-0.2, -0.15) is 17.9 Å². The molecule has 0 bridgehead atoms. The zero-order chi connectivity index (χ0) is 27.8. The molecule has 1 aliphatic rings. The van der Waals surface area contributed by atoms with Crippen LogP contribution in [0.15, 0.2) is 48.9 Å². The first-order chi connectivity index (χ1) is 17.7. The number of amides is 1. The Morgan fingerprint density at radius 1 is 1.21 bits per heavy atom. The summed E-state index contributed by atoms with van der Waals surface area (Å²) in [6.07, 6.45) is -2.45. The van der Waals surface area contributed by atoms with Crippen LogP contribution in [0, 0.1) is 16.8 Å². The van der Waals surface area contributed by atoms with Gasteiger partial charge in [-0.3, -0.25) is 9.69 Å². The Labute approximate surface area is 212 Å². The lowest BCUT2D eigenvalue weighted by molar-refractivity contribution is -0.605. The number of hydrogen-bond donors (Lipinski definition) is 1. The molecule has 1 saturated heterocycles. The van der Waals surface area contributed by atoms with Crippen LogP contribution in [-0.2, 0) is 17.5 Å². The predicted molar refractivity (Wildman–Crippen MR) is 120 cm³/mol. The fourth-order valence-corrected chi connectivity index (χ4v) is 4.40. The summed E-state index contributed by atoms with van der Waals surface area (Å²) in [6.45, 7) is 0.451. The quantitative estimate of drug-likeness (QED) is 0.285. The maximum absolute atomic E-state index is 14.6. The van der Waals surface area contributed by atoms with Gasteiger partial charge in [0, 0.05) is 50.5 Å². The van der Waals surface area contributed by atoms with Crippen molar-refractivity contribution < 1.29 is 40.3 Å². The van der Waals surface area contributed by atoms with Gasteiger partial charge in [-0.25, -0.2) is 22.5 Å². The number of carbonyl (C=O) groups excluding carboxylic acids is 1. The molecule has 14 heteroatoms. The lowest BCUT2D eigenvalue weighted by Crippen LogP contribution is -2.52. The topological polar surface area (TPSA) is 77.1 Å². The van der Waals surface area contributed by atoms with E-state index in [4.69, 9.17) is 0 Å². The zero-order valence-corrected chi connectivity index (χ0v) is 19.9. The summed E-state index contributed by atoms with van der Waals surface area (Å²) < 4.78 is 98.1. The standard InChI is InChI=1S/C24H22F7N5O2/c1-14(34-7-4-23(27,28)19(12-34)16-2-5-36(38)6-3-16)21(37)32-20-13-35(22(33-20)24(29,30)31)11-15-8-17(25)10-18(26)9-15/h2-3,5-6,8-10,13-14,19H,4,7,11-12H2,1H3,(H,32,37). The second-order valence-corrected chi connectivity index (χ2v) is 9.07. The minimum Gasteiger partial charge on any atom is -0.619 e. The van der Waals surface area contributed by atoms with Crippen LogP contribution in [0.5, 0.6) is 0 Å². The van der Waals surface area contributed by atoms with Crippen molar-refractivity contribution in [3.05, 3.63) is 82.7 Å². The number of likely N-dealkylation sites (tertiary alicyclic amines) is 1. The van der Waals surface area contributed by atoms with Crippen LogP contribution in [0.3, 0.4) is 0 Å². The van der Waals surface area contributed by atoms with E-state index in [0.717, 1.165) is 30.7 Å². The van der Waals surface area contributed by atoms with Gasteiger partial charge in [0.25, 0.3) is 5.92 Å². The Bertz CT molecular complexity index is 1290. The van der Waals surface area contributed by atoms with Crippen LogP contribution >= 0.6 is 0 Å². The molecule has 2 atom stereocenters. The molecule has 0 aliphatic carbocycles. The normalized spacial score (nSPS) is 18.8. The van der Waals surface area contributed by atoms with Crippen molar-refractivity contribution in [2.75, 3.05) is 18.4 Å². The molecular formula is C24H22F7N5O2. The first kappa shape index (κ1) is 27.4. The van der Waals surface area contributed by atoms with E-state index in [0.29, 0.717) is 15.4 Å². The predicted octanol–water partition coefficient (Wildman–Crippen LogP) is 4.31. The van der Waals surface area contributed by atoms with Crippen molar-refractivity contribution in [1.29, 1.82) is 0 Å². The van der Waals surface area contributed by atoms with Gasteiger partial charge in [-0.05, 0) is 30.2 Å². The van der Waals surface area contributed by atoms with Gasteiger partial charge < -0.3 is 15.1 Å². The van der Waals surface area contributed by atoms with Crippen molar-refractivity contribution in [2.24, 2.45) is 0 Å². The van der Waals surface area contributed by atoms with Gasteiger partial charge in [-0.1, -0.05) is 0 Å². The number of nitrogens with zero attached hydrogens (tertiary/aromatic N) is 4. The van der Waals surface area contributed by atoms with Crippen LogP contribution in [0.1, 0.15) is 36.2 Å². The Hall–Kier alpha value is -3.68. The molecule has 0 spiro atoms. The van der Waals surface area contributed by atoms with E-state index < -0.39 is 66.2 Å². The highest BCUT2D eigenvalue weighted by atomic mass is 19.4. The number of aromatic nitrogens is 3. The number of rotatable bonds is 6. The molecule has 4 rings (SSSR count). The van der Waals surface area contributed by atoms with Crippen molar-refractivity contribution in [1.82, 2.24) is 14.5 Å². The molecule has 2 unspecified atom stereocenters. The minimum atomic E-state index is -4.94. The van der Waals surface area contributed by atoms with E-state index in [9.17, 15) is 40.7 Å². The SMILES string of the molecule is CC(C(=O)Nc1cn(Cc2cc(F)cc(F)c2)c(C(F)(F)F)n1)N1CCC(F)(F)C(c2cc[n+]([O-])cc2)C1. The van der Waals surface area contributed by atoms with E-state index in [2.05, 4.69) is 10.3 Å². The summed E-state index contributed by atoms with van der Waals surface area (Å²) in [7, 11) is 0. The molecule has 3 aromatic rings. The molecule has 0 radical (unpaired) electrons. The molecule has 204 valence electrons. The van der Waals surface area contributed by atoms with E-state index in [-0.39, 0.29) is 24.2 Å². The molecule has 38 heavy (non-hydrogen) atoms. The fourth-order valence-electron chi connectivity index (χ4n) is 4.40. The average Bonchev–Trinajstić information content (AvgIpc) is 3.21. The number of nitrogens with one attached hydrogen (secondary N) is 1. The molecule has 1 aromatic carbocycles. The summed E-state index contributed by atoms with van der Waals surface area (Å²) in [6, 6.07) is 3.85. The molecular weight excluding hydrogens is 523 g/mol. The largest absolute Gasteiger partial charge is 0.619 e. The molecule has 1 fully saturated rings. The Balaban J connectivity index is 1.51. The number of anilines is 1. The summed E-state index contributed by atoms with van der Waals surface area (Å²) in [5.74, 6) is -8.99. The molecule has 1 N–H and O–H groups in total. The zero-order valence-electron chi connectivity index (χ0n) is 19.9. The summed E-state index contributed by atoms with van der Waals surface area (Å²) in [5.41, 5.74) is 0.113. The highest BCUT2D eigenvalue weighted by Crippen LogP contribution is 2.40.